The number of carbonyl (C=O) groups excluding carboxylic acids is 2. The van der Waals surface area contributed by atoms with Crippen LogP contribution in [0.25, 0.3) is 27.8 Å². The van der Waals surface area contributed by atoms with E-state index in [0.29, 0.717) is 11.4 Å². The summed E-state index contributed by atoms with van der Waals surface area (Å²) >= 11 is 7.46. The van der Waals surface area contributed by atoms with Crippen LogP contribution in [0, 0.1) is 6.92 Å². The summed E-state index contributed by atoms with van der Waals surface area (Å²) in [5.41, 5.74) is 4.99. The maximum Gasteiger partial charge on any atom is 0.293 e. The molecular formula is C31H23ClN2O2S. The average Bonchev–Trinajstić information content (AvgIpc) is 3.33. The van der Waals surface area contributed by atoms with Crippen molar-refractivity contribution in [2.45, 2.75) is 20.0 Å². The normalized spacial score (nSPS) is 15.0. The van der Waals surface area contributed by atoms with Crippen LogP contribution in [0.1, 0.15) is 22.4 Å². The van der Waals surface area contributed by atoms with Gasteiger partial charge in [0.1, 0.15) is 0 Å². The number of benzene rings is 4. The Hall–Kier alpha value is -3.80. The number of thioether (sulfide) groups is 1. The molecule has 0 saturated carbocycles. The Morgan fingerprint density at radius 1 is 0.784 bits per heavy atom. The number of carbonyl (C=O) groups is 2. The minimum absolute atomic E-state index is 0.247. The molecule has 6 heteroatoms. The summed E-state index contributed by atoms with van der Waals surface area (Å²) in [5, 5.41) is 3.64. The summed E-state index contributed by atoms with van der Waals surface area (Å²) < 4.78 is 2.21. The van der Waals surface area contributed by atoms with E-state index in [1.54, 1.807) is 0 Å². The third kappa shape index (κ3) is 4.24. The highest BCUT2D eigenvalue weighted by Gasteiger charge is 2.35. The Kier molecular flexibility index (Phi) is 6.11. The van der Waals surface area contributed by atoms with Gasteiger partial charge in [-0.25, -0.2) is 0 Å². The standard InChI is InChI=1S/C31H23ClN2O2S/c1-20-26(25-14-5-7-16-28(25)33(20)19-23-10-3-6-15-27(23)32)17-29-30(35)34(31(36)37-29)18-22-12-8-11-21-9-2-4-13-24(21)22/h2-17H,18-19H2,1H3/b29-17-. The SMILES string of the molecule is Cc1c(/C=C2\SC(=O)N(Cc3cccc4ccccc34)C2=O)c2ccccc2n1Cc1ccccc1Cl. The second kappa shape index (κ2) is 9.58. The molecule has 182 valence electrons. The van der Waals surface area contributed by atoms with Crippen molar-refractivity contribution in [3.05, 3.63) is 123 Å². The van der Waals surface area contributed by atoms with Gasteiger partial charge >= 0.3 is 0 Å². The average molecular weight is 523 g/mol. The van der Waals surface area contributed by atoms with E-state index in [0.717, 1.165) is 60.8 Å². The van der Waals surface area contributed by atoms with Crippen LogP contribution in [0.15, 0.2) is 95.9 Å². The molecule has 0 N–H and O–H groups in total. The zero-order valence-corrected chi connectivity index (χ0v) is 21.7. The number of para-hydroxylation sites is 1. The van der Waals surface area contributed by atoms with Crippen molar-refractivity contribution >= 4 is 62.3 Å². The molecule has 4 aromatic carbocycles. The highest BCUT2D eigenvalue weighted by atomic mass is 35.5. The lowest BCUT2D eigenvalue weighted by atomic mass is 10.0. The van der Waals surface area contributed by atoms with E-state index >= 15 is 0 Å². The Balaban J connectivity index is 1.37. The largest absolute Gasteiger partial charge is 0.340 e. The van der Waals surface area contributed by atoms with Gasteiger partial charge in [-0.2, -0.15) is 0 Å². The second-order valence-corrected chi connectivity index (χ2v) is 10.5. The summed E-state index contributed by atoms with van der Waals surface area (Å²) in [6, 6.07) is 29.9. The number of halogens is 1. The molecule has 0 bridgehead atoms. The molecule has 1 saturated heterocycles. The zero-order chi connectivity index (χ0) is 25.5. The second-order valence-electron chi connectivity index (χ2n) is 9.10. The summed E-state index contributed by atoms with van der Waals surface area (Å²) in [6.07, 6.45) is 1.87. The number of imide groups is 1. The first-order valence-electron chi connectivity index (χ1n) is 12.0. The van der Waals surface area contributed by atoms with Gasteiger partial charge < -0.3 is 4.57 Å². The van der Waals surface area contributed by atoms with Crippen LogP contribution in [0.4, 0.5) is 4.79 Å². The highest BCUT2D eigenvalue weighted by Crippen LogP contribution is 2.37. The molecule has 0 radical (unpaired) electrons. The van der Waals surface area contributed by atoms with Crippen LogP contribution in [0.5, 0.6) is 0 Å². The molecule has 2 heterocycles. The molecule has 37 heavy (non-hydrogen) atoms. The van der Waals surface area contributed by atoms with Gasteiger partial charge in [-0.15, -0.1) is 0 Å². The summed E-state index contributed by atoms with van der Waals surface area (Å²) in [6.45, 7) is 2.90. The van der Waals surface area contributed by atoms with Crippen LogP contribution < -0.4 is 0 Å². The summed E-state index contributed by atoms with van der Waals surface area (Å²) in [4.78, 5) is 28.2. The van der Waals surface area contributed by atoms with Crippen molar-refractivity contribution in [2.24, 2.45) is 0 Å². The van der Waals surface area contributed by atoms with Crippen LogP contribution in [0.2, 0.25) is 5.02 Å². The molecule has 0 atom stereocenters. The maximum absolute atomic E-state index is 13.4. The van der Waals surface area contributed by atoms with Gasteiger partial charge in [0.25, 0.3) is 11.1 Å². The lowest BCUT2D eigenvalue weighted by Gasteiger charge is -2.14. The quantitative estimate of drug-likeness (QED) is 0.219. The van der Waals surface area contributed by atoms with Gasteiger partial charge in [-0.05, 0) is 58.8 Å². The number of aromatic nitrogens is 1. The van der Waals surface area contributed by atoms with Crippen LogP contribution in [0.3, 0.4) is 0 Å². The summed E-state index contributed by atoms with van der Waals surface area (Å²) in [5.74, 6) is -0.259. The van der Waals surface area contributed by atoms with Crippen molar-refractivity contribution in [2.75, 3.05) is 0 Å². The Labute approximate surface area is 224 Å². The first-order chi connectivity index (χ1) is 18.0. The van der Waals surface area contributed by atoms with E-state index in [-0.39, 0.29) is 17.7 Å². The van der Waals surface area contributed by atoms with Gasteiger partial charge in [0.2, 0.25) is 0 Å². The Morgan fingerprint density at radius 2 is 1.46 bits per heavy atom. The van der Waals surface area contributed by atoms with Crippen molar-refractivity contribution < 1.29 is 9.59 Å². The third-order valence-electron chi connectivity index (χ3n) is 6.92. The Morgan fingerprint density at radius 3 is 2.30 bits per heavy atom. The lowest BCUT2D eigenvalue weighted by molar-refractivity contribution is -0.123. The van der Waals surface area contributed by atoms with Gasteiger partial charge in [0, 0.05) is 33.7 Å². The van der Waals surface area contributed by atoms with E-state index in [2.05, 4.69) is 16.7 Å². The molecule has 0 spiro atoms. The number of hydrogen-bond donors (Lipinski definition) is 0. The molecule has 1 aliphatic rings. The van der Waals surface area contributed by atoms with Crippen molar-refractivity contribution in [1.82, 2.24) is 9.47 Å². The number of hydrogen-bond acceptors (Lipinski definition) is 3. The first-order valence-corrected chi connectivity index (χ1v) is 13.2. The lowest BCUT2D eigenvalue weighted by Crippen LogP contribution is -2.27. The van der Waals surface area contributed by atoms with E-state index < -0.39 is 0 Å². The van der Waals surface area contributed by atoms with E-state index in [1.807, 2.05) is 91.9 Å². The molecule has 5 aromatic rings. The highest BCUT2D eigenvalue weighted by molar-refractivity contribution is 8.18. The maximum atomic E-state index is 13.4. The predicted octanol–water partition coefficient (Wildman–Crippen LogP) is 8.04. The zero-order valence-electron chi connectivity index (χ0n) is 20.1. The smallest absolute Gasteiger partial charge is 0.293 e. The number of fused-ring (bicyclic) bond motifs is 2. The van der Waals surface area contributed by atoms with E-state index in [1.165, 1.54) is 4.90 Å². The Bertz CT molecular complexity index is 1730. The molecule has 6 rings (SSSR count). The third-order valence-corrected chi connectivity index (χ3v) is 8.20. The monoisotopic (exact) mass is 522 g/mol. The van der Waals surface area contributed by atoms with Gasteiger partial charge in [0.05, 0.1) is 11.4 Å². The van der Waals surface area contributed by atoms with Gasteiger partial charge in [-0.3, -0.25) is 14.5 Å². The number of amides is 2. The topological polar surface area (TPSA) is 42.3 Å². The molecule has 0 unspecified atom stereocenters. The minimum atomic E-state index is -0.259. The minimum Gasteiger partial charge on any atom is -0.340 e. The molecule has 1 fully saturated rings. The van der Waals surface area contributed by atoms with Crippen LogP contribution in [-0.2, 0) is 17.9 Å². The van der Waals surface area contributed by atoms with Gasteiger partial charge in [-0.1, -0.05) is 90.5 Å². The summed E-state index contributed by atoms with van der Waals surface area (Å²) in [7, 11) is 0. The fourth-order valence-electron chi connectivity index (χ4n) is 5.01. The van der Waals surface area contributed by atoms with Crippen LogP contribution >= 0.6 is 23.4 Å². The molecule has 4 nitrogen and oxygen atoms in total. The van der Waals surface area contributed by atoms with Gasteiger partial charge in [0.15, 0.2) is 0 Å². The molecule has 2 amide bonds. The number of rotatable bonds is 5. The fraction of sp³-hybridized carbons (Fsp3) is 0.0968. The predicted molar refractivity (Wildman–Crippen MR) is 153 cm³/mol. The van der Waals surface area contributed by atoms with E-state index in [4.69, 9.17) is 11.6 Å². The van der Waals surface area contributed by atoms with Crippen molar-refractivity contribution in [3.63, 3.8) is 0 Å². The van der Waals surface area contributed by atoms with E-state index in [9.17, 15) is 9.59 Å². The molecular weight excluding hydrogens is 500 g/mol. The van der Waals surface area contributed by atoms with Crippen molar-refractivity contribution in [1.29, 1.82) is 0 Å². The first kappa shape index (κ1) is 23.6. The molecule has 1 aliphatic heterocycles. The number of nitrogens with zero attached hydrogens (tertiary/aromatic N) is 2. The van der Waals surface area contributed by atoms with Crippen LogP contribution in [-0.4, -0.2) is 20.6 Å². The fourth-order valence-corrected chi connectivity index (χ4v) is 6.02. The van der Waals surface area contributed by atoms with Crippen molar-refractivity contribution in [3.8, 4) is 0 Å². The molecule has 1 aromatic heterocycles. The molecule has 0 aliphatic carbocycles.